The summed E-state index contributed by atoms with van der Waals surface area (Å²) in [4.78, 5) is 41.3. The molecule has 8 aromatic rings. The Balaban J connectivity index is 0.000000210. The van der Waals surface area contributed by atoms with Gasteiger partial charge in [0.1, 0.15) is 17.8 Å². The number of pyridine rings is 2. The van der Waals surface area contributed by atoms with E-state index in [1.54, 1.807) is 88.4 Å². The third kappa shape index (κ3) is 15.2. The first-order valence-electron chi connectivity index (χ1n) is 22.3. The van der Waals surface area contributed by atoms with Crippen LogP contribution in [0.3, 0.4) is 0 Å². The van der Waals surface area contributed by atoms with Crippen LogP contribution >= 0.6 is 19.9 Å². The van der Waals surface area contributed by atoms with E-state index < -0.39 is 61.6 Å². The summed E-state index contributed by atoms with van der Waals surface area (Å²) >= 11 is 8.37. The van der Waals surface area contributed by atoms with Crippen LogP contribution in [0.2, 0.25) is 5.15 Å². The molecule has 4 aromatic carbocycles. The van der Waals surface area contributed by atoms with E-state index in [2.05, 4.69) is 45.7 Å². The molecule has 10 rings (SSSR count). The van der Waals surface area contributed by atoms with Gasteiger partial charge >= 0.3 is 142 Å². The third-order valence-corrected chi connectivity index (χ3v) is 11.9. The monoisotopic (exact) mass is 1150 g/mol. The summed E-state index contributed by atoms with van der Waals surface area (Å²) in [5, 5.41) is 67.7. The van der Waals surface area contributed by atoms with Gasteiger partial charge in [0, 0.05) is 39.7 Å². The van der Waals surface area contributed by atoms with Gasteiger partial charge in [-0.05, 0) is 113 Å². The first-order chi connectivity index (χ1) is 35.7. The maximum absolute atomic E-state index is 14.6. The first kappa shape index (κ1) is 63.7. The summed E-state index contributed by atoms with van der Waals surface area (Å²) < 4.78 is 54.4. The predicted octanol–water partition coefficient (Wildman–Crippen LogP) is 1.31. The molecule has 4 aromatic heterocycles. The number of fused-ring (bicyclic) bond motifs is 4. The van der Waals surface area contributed by atoms with Crippen molar-refractivity contribution in [1.29, 1.82) is 0 Å². The molecule has 2 aliphatic rings. The van der Waals surface area contributed by atoms with Gasteiger partial charge in [0.15, 0.2) is 23.1 Å². The molecule has 0 saturated carbocycles. The Labute approximate surface area is 525 Å². The second-order valence-electron chi connectivity index (χ2n) is 16.9. The van der Waals surface area contributed by atoms with E-state index in [0.717, 1.165) is 16.9 Å². The van der Waals surface area contributed by atoms with Crippen molar-refractivity contribution >= 4 is 108 Å². The first-order valence-corrected chi connectivity index (χ1v) is 39.7. The minimum atomic E-state index is -3.15. The molecular formula is C46H38BClF2K3N10O12P. The van der Waals surface area contributed by atoms with E-state index in [1.807, 2.05) is 30.3 Å². The summed E-state index contributed by atoms with van der Waals surface area (Å²) in [5.74, 6) is -3.96. The number of halogens is 3. The Bertz CT molecular complexity index is 3290. The normalized spacial score (nSPS) is 13.8. The van der Waals surface area contributed by atoms with Crippen molar-refractivity contribution in [3.05, 3.63) is 161 Å². The molecule has 0 radical (unpaired) electrons. The molecule has 2 aliphatic heterocycles. The Morgan fingerprint density at radius 1 is 0.697 bits per heavy atom. The second-order valence-corrected chi connectivity index (χ2v) is 17.9. The van der Waals surface area contributed by atoms with E-state index in [-0.39, 0.29) is 79.8 Å². The van der Waals surface area contributed by atoms with Gasteiger partial charge in [-0.1, -0.05) is 66.2 Å². The molecule has 4 N–H and O–H groups in total. The average Bonchev–Trinajstić information content (AvgIpc) is 4.16. The molecule has 30 heteroatoms. The molecule has 0 spiro atoms. The van der Waals surface area contributed by atoms with Crippen LogP contribution in [0.15, 0.2) is 122 Å². The molecule has 6 heterocycles. The van der Waals surface area contributed by atoms with Crippen LogP contribution in [-0.2, 0) is 18.8 Å². The van der Waals surface area contributed by atoms with Crippen molar-refractivity contribution in [2.24, 2.45) is 10.8 Å². The Morgan fingerprint density at radius 3 is 1.51 bits per heavy atom. The van der Waals surface area contributed by atoms with Gasteiger partial charge in [0.25, 0.3) is 0 Å². The Morgan fingerprint density at radius 2 is 1.12 bits per heavy atom. The molecule has 1 unspecified atom stereocenters. The Hall–Kier alpha value is -3.12. The van der Waals surface area contributed by atoms with E-state index in [0.29, 0.717) is 33.4 Å². The summed E-state index contributed by atoms with van der Waals surface area (Å²) in [6.45, 7) is 6.43. The van der Waals surface area contributed by atoms with Crippen molar-refractivity contribution in [3.63, 3.8) is 0 Å². The van der Waals surface area contributed by atoms with Crippen LogP contribution in [0, 0.1) is 22.5 Å². The molecule has 3 atom stereocenters. The zero-order chi connectivity index (χ0) is 54.8. The number of tetrazole rings is 2. The molecule has 376 valence electrons. The number of aromatic nitrogens is 10. The van der Waals surface area contributed by atoms with Crippen molar-refractivity contribution in [2.45, 2.75) is 39.5 Å². The zero-order valence-electron chi connectivity index (χ0n) is 41.4. The summed E-state index contributed by atoms with van der Waals surface area (Å²) in [6.07, 6.45) is 2.96. The quantitative estimate of drug-likeness (QED) is 0.0521. The molecule has 22 nitrogen and oxygen atoms in total. The van der Waals surface area contributed by atoms with Crippen molar-refractivity contribution in [3.8, 4) is 45.9 Å². The van der Waals surface area contributed by atoms with Crippen molar-refractivity contribution in [1.82, 2.24) is 50.4 Å². The second kappa shape index (κ2) is 28.9. The average molecular weight is 1160 g/mol. The summed E-state index contributed by atoms with van der Waals surface area (Å²) in [5.41, 5.74) is 3.18. The SMILES string of the molecule is CC(C)(C(=O)O)[C@@H]1c2ccc(-c3ccc(-n4cnnn4)cc3)nc2Oc2c(F)cccc21.CC(C)(C(=O)O)[C@@H]1c2ccc(Cl)nc2Oc2c(F)cccc21.O=[P+]([O-])O[O-].OB(O)c1ccc(-n2cnnn2)cc1.[K+].[K][K]. The van der Waals surface area contributed by atoms with Gasteiger partial charge in [0.05, 0.1) is 27.9 Å². The number of nitrogens with zero attached hydrogens (tertiary/aromatic N) is 10. The van der Waals surface area contributed by atoms with Crippen LogP contribution < -0.4 is 76.5 Å². The Kier molecular flexibility index (Phi) is 24.2. The number of ether oxygens (including phenoxy) is 2. The molecule has 0 saturated heterocycles. The fourth-order valence-electron chi connectivity index (χ4n) is 7.84. The van der Waals surface area contributed by atoms with Crippen LogP contribution in [0.1, 0.15) is 61.8 Å². The fourth-order valence-corrected chi connectivity index (χ4v) is 7.98. The number of carboxylic acid groups (broad SMARTS) is 2. The van der Waals surface area contributed by atoms with Crippen LogP contribution in [-0.4, -0.2) is 153 Å². The maximum atomic E-state index is 14.6. The molecule has 76 heavy (non-hydrogen) atoms. The molecule has 0 fully saturated rings. The van der Waals surface area contributed by atoms with E-state index in [4.69, 9.17) is 45.8 Å². The number of aliphatic carboxylic acids is 2. The van der Waals surface area contributed by atoms with Gasteiger partial charge in [-0.25, -0.2) is 32.8 Å². The zero-order valence-corrected chi connectivity index (χ0v) is 52.4. The van der Waals surface area contributed by atoms with E-state index in [9.17, 15) is 28.6 Å². The number of hydrogen-bond acceptors (Lipinski definition) is 18. The number of hydrogen-bond donors (Lipinski definition) is 4. The van der Waals surface area contributed by atoms with Gasteiger partial charge < -0.3 is 39.9 Å². The minimum absolute atomic E-state index is 0. The molecule has 0 bridgehead atoms. The summed E-state index contributed by atoms with van der Waals surface area (Å²) in [6, 6.07) is 29.9. The number of carboxylic acids is 2. The molecule has 0 aliphatic carbocycles. The van der Waals surface area contributed by atoms with E-state index >= 15 is 0 Å². The molecule has 0 amide bonds. The predicted molar refractivity (Wildman–Crippen MR) is 260 cm³/mol. The number of rotatable bonds is 9. The van der Waals surface area contributed by atoms with Crippen LogP contribution in [0.25, 0.3) is 22.6 Å². The van der Waals surface area contributed by atoms with Gasteiger partial charge in [-0.3, -0.25) is 9.59 Å². The number of para-hydroxylation sites is 2. The topological polar surface area (TPSA) is 319 Å². The van der Waals surface area contributed by atoms with Gasteiger partial charge in [0.2, 0.25) is 11.8 Å². The van der Waals surface area contributed by atoms with Gasteiger partial charge in [-0.2, -0.15) is 0 Å². The van der Waals surface area contributed by atoms with Crippen LogP contribution in [0.4, 0.5) is 8.78 Å². The number of benzene rings is 4. The van der Waals surface area contributed by atoms with Crippen LogP contribution in [0.5, 0.6) is 23.3 Å². The number of carbonyl (C=O) groups is 2. The standard InChI is InChI=1S/C23H18FN5O3.C16H13ClFNO3.C7H7BN4O2.3K.HO4P/c1-23(2,22(30)31)19-15-4-3-5-17(24)20(15)32-21-16(19)10-11-18(26-21)13-6-8-14(9-7-13)29-12-25-27-28-29;1-16(2,15(20)21)12-8-4-3-5-10(18)13(8)22-14-9(12)6-7-11(17)19-14;13-8(14)6-1-3-7(4-2-6)12-5-9-10-11-12;;;;1-4-5(2)3/h3-12,19H,1-2H3,(H,30,31);3-7,12H,1-2H3,(H,20,21);1-5,13-14H;;;;1H/q;;;;;+1;/p-1/t19-;12-;;;;;/m00...../s1. The molecular weight excluding hydrogens is 1120 g/mol. The fraction of sp³-hybridized carbons (Fsp3) is 0.174. The van der Waals surface area contributed by atoms with E-state index in [1.165, 1.54) is 103 Å². The van der Waals surface area contributed by atoms with Crippen molar-refractivity contribution in [2.75, 3.05) is 0 Å². The third-order valence-electron chi connectivity index (χ3n) is 11.6. The summed E-state index contributed by atoms with van der Waals surface area (Å²) in [7, 11) is -4.60. The van der Waals surface area contributed by atoms with Gasteiger partial charge in [-0.15, -0.1) is 10.2 Å². The van der Waals surface area contributed by atoms with Crippen molar-refractivity contribution < 1.29 is 119 Å².